The molecule has 1 fully saturated rings. The quantitative estimate of drug-likeness (QED) is 0.420. The largest absolute Gasteiger partial charge is 0.459 e. The number of carbonyl (C=O) groups excluding carboxylic acids is 2. The van der Waals surface area contributed by atoms with E-state index in [2.05, 4.69) is 15.2 Å². The Morgan fingerprint density at radius 2 is 1.82 bits per heavy atom. The molecule has 0 saturated carbocycles. The second-order valence-corrected chi connectivity index (χ2v) is 7.91. The third kappa shape index (κ3) is 5.05. The van der Waals surface area contributed by atoms with Crippen LogP contribution in [0, 0.1) is 0 Å². The molecule has 2 amide bonds. The van der Waals surface area contributed by atoms with Gasteiger partial charge in [-0.15, -0.1) is 0 Å². The molecule has 0 bridgehead atoms. The van der Waals surface area contributed by atoms with Gasteiger partial charge in [-0.05, 0) is 37.1 Å². The van der Waals surface area contributed by atoms with Crippen LogP contribution in [0.4, 0.5) is 0 Å². The lowest BCUT2D eigenvalue weighted by Gasteiger charge is -2.12. The van der Waals surface area contributed by atoms with Crippen LogP contribution in [0.25, 0.3) is 0 Å². The summed E-state index contributed by atoms with van der Waals surface area (Å²) < 4.78 is 32.2. The highest BCUT2D eigenvalue weighted by Gasteiger charge is 2.24. The Morgan fingerprint density at radius 3 is 2.54 bits per heavy atom. The molecule has 1 saturated heterocycles. The molecule has 0 spiro atoms. The van der Waals surface area contributed by atoms with Gasteiger partial charge in [0.05, 0.1) is 17.7 Å². The Balaban J connectivity index is 1.50. The minimum absolute atomic E-state index is 0.0368. The van der Waals surface area contributed by atoms with Crippen molar-refractivity contribution < 1.29 is 22.4 Å². The van der Waals surface area contributed by atoms with E-state index in [0.29, 0.717) is 24.6 Å². The van der Waals surface area contributed by atoms with Gasteiger partial charge in [-0.1, -0.05) is 18.2 Å². The van der Waals surface area contributed by atoms with Crippen LogP contribution in [0.3, 0.4) is 0 Å². The van der Waals surface area contributed by atoms with Crippen LogP contribution in [-0.4, -0.2) is 44.4 Å². The topological polar surface area (TPSA) is 121 Å². The Hall–Kier alpha value is -2.98. The predicted octanol–water partition coefficient (Wildman–Crippen LogP) is 0.831. The van der Waals surface area contributed by atoms with Gasteiger partial charge in [0.1, 0.15) is 11.5 Å². The first-order chi connectivity index (χ1) is 13.5. The van der Waals surface area contributed by atoms with E-state index in [1.54, 1.807) is 30.3 Å². The summed E-state index contributed by atoms with van der Waals surface area (Å²) >= 11 is 0. The minimum atomic E-state index is -3.64. The number of benzene rings is 1. The second-order valence-electron chi connectivity index (χ2n) is 6.14. The maximum Gasteiger partial charge on any atom is 0.329 e. The first kappa shape index (κ1) is 19.8. The number of carbonyl (C=O) groups is 2. The lowest BCUT2D eigenvalue weighted by atomic mass is 10.4. The fourth-order valence-electron chi connectivity index (χ4n) is 2.67. The molecule has 1 aliphatic rings. The van der Waals surface area contributed by atoms with Crippen molar-refractivity contribution in [2.45, 2.75) is 24.3 Å². The standard InChI is InChI=1S/C18H20N4O5S/c23-17(18(24)22-10-4-5-11-22)21-19-12-14-8-9-15(27-14)13-20-28(25,26)16-6-2-1-3-7-16/h1-3,6-9,12,20H,4-5,10-11,13H2,(H,21,23)/b19-12+. The van der Waals surface area contributed by atoms with Crippen LogP contribution >= 0.6 is 0 Å². The molecule has 2 aromatic rings. The van der Waals surface area contributed by atoms with E-state index in [9.17, 15) is 18.0 Å². The molecular formula is C18H20N4O5S. The van der Waals surface area contributed by atoms with E-state index in [4.69, 9.17) is 4.42 Å². The van der Waals surface area contributed by atoms with Crippen molar-refractivity contribution >= 4 is 28.1 Å². The number of rotatable bonds is 6. The van der Waals surface area contributed by atoms with Crippen molar-refractivity contribution in [1.29, 1.82) is 0 Å². The summed E-state index contributed by atoms with van der Waals surface area (Å²) in [6.45, 7) is 1.12. The average Bonchev–Trinajstić information content (AvgIpc) is 3.39. The van der Waals surface area contributed by atoms with Gasteiger partial charge in [0.2, 0.25) is 10.0 Å². The summed E-state index contributed by atoms with van der Waals surface area (Å²) in [6, 6.07) is 11.2. The van der Waals surface area contributed by atoms with Crippen LogP contribution in [0.2, 0.25) is 0 Å². The van der Waals surface area contributed by atoms with Gasteiger partial charge in [0, 0.05) is 13.1 Å². The van der Waals surface area contributed by atoms with Gasteiger partial charge in [0.25, 0.3) is 0 Å². The molecule has 2 N–H and O–H groups in total. The van der Waals surface area contributed by atoms with Gasteiger partial charge in [-0.3, -0.25) is 9.59 Å². The smallest absolute Gasteiger partial charge is 0.329 e. The number of sulfonamides is 1. The van der Waals surface area contributed by atoms with Gasteiger partial charge in [-0.2, -0.15) is 5.10 Å². The number of hydrazone groups is 1. The van der Waals surface area contributed by atoms with Crippen molar-refractivity contribution in [2.75, 3.05) is 13.1 Å². The van der Waals surface area contributed by atoms with Crippen LogP contribution in [0.5, 0.6) is 0 Å². The van der Waals surface area contributed by atoms with Crippen LogP contribution in [-0.2, 0) is 26.2 Å². The molecule has 1 aliphatic heterocycles. The zero-order valence-electron chi connectivity index (χ0n) is 15.0. The number of hydrogen-bond acceptors (Lipinski definition) is 6. The van der Waals surface area contributed by atoms with E-state index in [1.807, 2.05) is 0 Å². The summed E-state index contributed by atoms with van der Waals surface area (Å²) in [7, 11) is -3.64. The molecular weight excluding hydrogens is 384 g/mol. The van der Waals surface area contributed by atoms with E-state index < -0.39 is 21.8 Å². The molecule has 28 heavy (non-hydrogen) atoms. The maximum atomic E-state index is 12.2. The molecule has 10 heteroatoms. The zero-order chi connectivity index (χ0) is 20.0. The monoisotopic (exact) mass is 404 g/mol. The SMILES string of the molecule is O=C(N/N=C/c1ccc(CNS(=O)(=O)c2ccccc2)o1)C(=O)N1CCCC1. The molecule has 148 valence electrons. The Labute approximate surface area is 162 Å². The van der Waals surface area contributed by atoms with Crippen LogP contribution in [0.15, 0.2) is 56.9 Å². The molecule has 0 unspecified atom stereocenters. The number of furan rings is 1. The summed E-state index contributed by atoms with van der Waals surface area (Å²) in [5.41, 5.74) is 2.16. The molecule has 3 rings (SSSR count). The Kier molecular flexibility index (Phi) is 6.22. The highest BCUT2D eigenvalue weighted by atomic mass is 32.2. The van der Waals surface area contributed by atoms with Crippen molar-refractivity contribution in [1.82, 2.24) is 15.0 Å². The van der Waals surface area contributed by atoms with Gasteiger partial charge in [-0.25, -0.2) is 18.6 Å². The molecule has 0 radical (unpaired) electrons. The normalized spacial score (nSPS) is 14.5. The Bertz CT molecular complexity index is 963. The van der Waals surface area contributed by atoms with E-state index >= 15 is 0 Å². The van der Waals surface area contributed by atoms with Crippen molar-refractivity contribution in [2.24, 2.45) is 5.10 Å². The fraction of sp³-hybridized carbons (Fsp3) is 0.278. The second kappa shape index (κ2) is 8.81. The number of amides is 2. The highest BCUT2D eigenvalue weighted by molar-refractivity contribution is 7.89. The van der Waals surface area contributed by atoms with Gasteiger partial charge in [0.15, 0.2) is 0 Å². The first-order valence-corrected chi connectivity index (χ1v) is 10.2. The number of nitrogens with zero attached hydrogens (tertiary/aromatic N) is 2. The van der Waals surface area contributed by atoms with Crippen LogP contribution in [0.1, 0.15) is 24.4 Å². The third-order valence-corrected chi connectivity index (χ3v) is 5.53. The van der Waals surface area contributed by atoms with Crippen molar-refractivity contribution in [3.8, 4) is 0 Å². The number of likely N-dealkylation sites (tertiary alicyclic amines) is 1. The minimum Gasteiger partial charge on any atom is -0.459 e. The van der Waals surface area contributed by atoms with Crippen molar-refractivity contribution in [3.05, 3.63) is 54.0 Å². The van der Waals surface area contributed by atoms with Crippen molar-refractivity contribution in [3.63, 3.8) is 0 Å². The van der Waals surface area contributed by atoms with E-state index in [1.165, 1.54) is 23.2 Å². The summed E-state index contributed by atoms with van der Waals surface area (Å²) in [5, 5.41) is 3.70. The van der Waals surface area contributed by atoms with Gasteiger partial charge < -0.3 is 9.32 Å². The van der Waals surface area contributed by atoms with Crippen LogP contribution < -0.4 is 10.1 Å². The molecule has 2 heterocycles. The number of nitrogens with one attached hydrogen (secondary N) is 2. The van der Waals surface area contributed by atoms with E-state index in [-0.39, 0.29) is 11.4 Å². The van der Waals surface area contributed by atoms with Gasteiger partial charge >= 0.3 is 11.8 Å². The lowest BCUT2D eigenvalue weighted by Crippen LogP contribution is -2.39. The highest BCUT2D eigenvalue weighted by Crippen LogP contribution is 2.10. The molecule has 1 aromatic carbocycles. The molecule has 0 aliphatic carbocycles. The molecule has 9 nitrogen and oxygen atoms in total. The first-order valence-electron chi connectivity index (χ1n) is 8.71. The molecule has 0 atom stereocenters. The number of hydrogen-bond donors (Lipinski definition) is 2. The third-order valence-electron chi connectivity index (χ3n) is 4.12. The molecule has 1 aromatic heterocycles. The summed E-state index contributed by atoms with van der Waals surface area (Å²) in [5.74, 6) is -0.728. The predicted molar refractivity (Wildman–Crippen MR) is 101 cm³/mol. The lowest BCUT2D eigenvalue weighted by molar-refractivity contribution is -0.145. The fourth-order valence-corrected chi connectivity index (χ4v) is 3.69. The maximum absolute atomic E-state index is 12.2. The summed E-state index contributed by atoms with van der Waals surface area (Å²) in [4.78, 5) is 25.2. The van der Waals surface area contributed by atoms with E-state index in [0.717, 1.165) is 12.8 Å². The summed E-state index contributed by atoms with van der Waals surface area (Å²) in [6.07, 6.45) is 3.03. The average molecular weight is 404 g/mol. The zero-order valence-corrected chi connectivity index (χ0v) is 15.8. The Morgan fingerprint density at radius 1 is 1.11 bits per heavy atom.